The van der Waals surface area contributed by atoms with Gasteiger partial charge in [0.05, 0.1) is 13.1 Å². The van der Waals surface area contributed by atoms with E-state index in [2.05, 4.69) is 24.5 Å². The number of hydrogen-bond acceptors (Lipinski definition) is 2. The number of carbonyl (C=O) groups excluding carboxylic acids is 2. The number of benzene rings is 1. The molecule has 1 aliphatic rings. The first kappa shape index (κ1) is 26.0. The summed E-state index contributed by atoms with van der Waals surface area (Å²) in [5.41, 5.74) is 2.07. The highest BCUT2D eigenvalue weighted by Crippen LogP contribution is 2.25. The molecule has 1 fully saturated rings. The average molecular weight is 470 g/mol. The van der Waals surface area contributed by atoms with E-state index >= 15 is 0 Å². The van der Waals surface area contributed by atoms with Gasteiger partial charge < -0.3 is 14.4 Å². The van der Waals surface area contributed by atoms with Crippen molar-refractivity contribution in [1.29, 1.82) is 0 Å². The molecule has 0 aliphatic heterocycles. The largest absolute Gasteiger partial charge is 0.345 e. The number of hydrogen-bond donors (Lipinski definition) is 0. The summed E-state index contributed by atoms with van der Waals surface area (Å²) >= 11 is 0. The standard InChI is InChI=1S/C28H40FN3O2/c1-4-9-27(33)31(18-22(2)3)21-28(34)32(25-10-6-5-7-11-25)20-26-12-8-17-30(26)19-23-13-15-24(29)16-14-23/h8,12-17,22,25H,4-7,9-11,18-21H2,1-3H3. The van der Waals surface area contributed by atoms with Crippen molar-refractivity contribution >= 4 is 11.8 Å². The summed E-state index contributed by atoms with van der Waals surface area (Å²) in [6, 6.07) is 10.8. The second-order valence-corrected chi connectivity index (χ2v) is 9.99. The lowest BCUT2D eigenvalue weighted by molar-refractivity contribution is -0.143. The molecule has 3 rings (SSSR count). The van der Waals surface area contributed by atoms with Crippen molar-refractivity contribution in [2.24, 2.45) is 5.92 Å². The highest BCUT2D eigenvalue weighted by atomic mass is 19.1. The Bertz CT molecular complexity index is 916. The molecule has 5 nitrogen and oxygen atoms in total. The van der Waals surface area contributed by atoms with Gasteiger partial charge >= 0.3 is 0 Å². The van der Waals surface area contributed by atoms with Crippen LogP contribution in [-0.4, -0.2) is 45.3 Å². The molecule has 1 aliphatic carbocycles. The topological polar surface area (TPSA) is 45.6 Å². The maximum absolute atomic E-state index is 13.7. The van der Waals surface area contributed by atoms with E-state index in [1.165, 1.54) is 18.6 Å². The molecule has 1 aromatic carbocycles. The lowest BCUT2D eigenvalue weighted by Crippen LogP contribution is -2.48. The van der Waals surface area contributed by atoms with Gasteiger partial charge in [0.1, 0.15) is 5.82 Å². The first-order valence-electron chi connectivity index (χ1n) is 12.8. The van der Waals surface area contributed by atoms with Gasteiger partial charge in [0.15, 0.2) is 0 Å². The van der Waals surface area contributed by atoms with Crippen molar-refractivity contribution < 1.29 is 14.0 Å². The molecule has 2 amide bonds. The van der Waals surface area contributed by atoms with E-state index in [0.717, 1.165) is 43.4 Å². The Labute approximate surface area is 203 Å². The summed E-state index contributed by atoms with van der Waals surface area (Å²) in [5, 5.41) is 0. The lowest BCUT2D eigenvalue weighted by Gasteiger charge is -2.36. The molecule has 0 unspecified atom stereocenters. The molecule has 6 heteroatoms. The van der Waals surface area contributed by atoms with E-state index in [1.54, 1.807) is 17.0 Å². The van der Waals surface area contributed by atoms with E-state index < -0.39 is 0 Å². The van der Waals surface area contributed by atoms with Crippen LogP contribution in [0, 0.1) is 11.7 Å². The molecule has 2 aromatic rings. The fourth-order valence-corrected chi connectivity index (χ4v) is 4.84. The van der Waals surface area contributed by atoms with E-state index in [9.17, 15) is 14.0 Å². The van der Waals surface area contributed by atoms with E-state index in [-0.39, 0.29) is 30.2 Å². The first-order chi connectivity index (χ1) is 16.4. The zero-order chi connectivity index (χ0) is 24.5. The highest BCUT2D eigenvalue weighted by Gasteiger charge is 2.29. The van der Waals surface area contributed by atoms with Crippen LogP contribution in [0.3, 0.4) is 0 Å². The second kappa shape index (κ2) is 12.7. The molecule has 1 heterocycles. The number of carbonyl (C=O) groups is 2. The van der Waals surface area contributed by atoms with Crippen LogP contribution in [0.5, 0.6) is 0 Å². The van der Waals surface area contributed by atoms with Crippen molar-refractivity contribution in [2.75, 3.05) is 13.1 Å². The van der Waals surface area contributed by atoms with Gasteiger partial charge in [-0.3, -0.25) is 9.59 Å². The predicted molar refractivity (Wildman–Crippen MR) is 134 cm³/mol. The SMILES string of the molecule is CCCC(=O)N(CC(=O)N(Cc1cccn1Cc1ccc(F)cc1)C1CCCCC1)CC(C)C. The maximum Gasteiger partial charge on any atom is 0.242 e. The van der Waals surface area contributed by atoms with Crippen LogP contribution in [-0.2, 0) is 22.7 Å². The maximum atomic E-state index is 13.7. The molecular weight excluding hydrogens is 429 g/mol. The zero-order valence-corrected chi connectivity index (χ0v) is 21.0. The number of halogens is 1. The van der Waals surface area contributed by atoms with Gasteiger partial charge in [-0.25, -0.2) is 4.39 Å². The Morgan fingerprint density at radius 1 is 1.06 bits per heavy atom. The minimum Gasteiger partial charge on any atom is -0.345 e. The van der Waals surface area contributed by atoms with Crippen molar-refractivity contribution in [3.05, 3.63) is 59.7 Å². The van der Waals surface area contributed by atoms with Crippen LogP contribution >= 0.6 is 0 Å². The highest BCUT2D eigenvalue weighted by molar-refractivity contribution is 5.85. The number of rotatable bonds is 11. The Morgan fingerprint density at radius 2 is 1.76 bits per heavy atom. The van der Waals surface area contributed by atoms with E-state index in [1.807, 2.05) is 24.1 Å². The third kappa shape index (κ3) is 7.44. The molecular formula is C28H40FN3O2. The monoisotopic (exact) mass is 469 g/mol. The fourth-order valence-electron chi connectivity index (χ4n) is 4.84. The van der Waals surface area contributed by atoms with Gasteiger partial charge in [-0.15, -0.1) is 0 Å². The van der Waals surface area contributed by atoms with Crippen LogP contribution in [0.1, 0.15) is 77.0 Å². The van der Waals surface area contributed by atoms with Gasteiger partial charge in [-0.05, 0) is 55.0 Å². The Morgan fingerprint density at radius 3 is 2.41 bits per heavy atom. The molecule has 34 heavy (non-hydrogen) atoms. The summed E-state index contributed by atoms with van der Waals surface area (Å²) in [6.45, 7) is 8.06. The number of aromatic nitrogens is 1. The van der Waals surface area contributed by atoms with E-state index in [4.69, 9.17) is 0 Å². The van der Waals surface area contributed by atoms with Crippen LogP contribution < -0.4 is 0 Å². The summed E-state index contributed by atoms with van der Waals surface area (Å²) in [6.07, 6.45) is 8.78. The summed E-state index contributed by atoms with van der Waals surface area (Å²) < 4.78 is 15.5. The van der Waals surface area contributed by atoms with Gasteiger partial charge in [0.25, 0.3) is 0 Å². The van der Waals surface area contributed by atoms with Crippen molar-refractivity contribution in [3.8, 4) is 0 Å². The minimum atomic E-state index is -0.242. The van der Waals surface area contributed by atoms with Crippen LogP contribution in [0.2, 0.25) is 0 Å². The molecule has 186 valence electrons. The van der Waals surface area contributed by atoms with Gasteiger partial charge in [-0.1, -0.05) is 52.2 Å². The Hall–Kier alpha value is -2.63. The molecule has 1 aromatic heterocycles. The summed E-state index contributed by atoms with van der Waals surface area (Å²) in [5.74, 6) is 0.165. The zero-order valence-electron chi connectivity index (χ0n) is 21.0. The molecule has 1 saturated carbocycles. The Kier molecular flexibility index (Phi) is 9.73. The predicted octanol–water partition coefficient (Wildman–Crippen LogP) is 5.62. The second-order valence-electron chi connectivity index (χ2n) is 9.99. The minimum absolute atomic E-state index is 0.0338. The molecule has 0 saturated heterocycles. The van der Waals surface area contributed by atoms with Crippen molar-refractivity contribution in [3.63, 3.8) is 0 Å². The van der Waals surface area contributed by atoms with Crippen LogP contribution in [0.25, 0.3) is 0 Å². The van der Waals surface area contributed by atoms with Crippen LogP contribution in [0.4, 0.5) is 4.39 Å². The third-order valence-electron chi connectivity index (χ3n) is 6.59. The summed E-state index contributed by atoms with van der Waals surface area (Å²) in [4.78, 5) is 30.2. The average Bonchev–Trinajstić information content (AvgIpc) is 3.25. The molecule has 0 radical (unpaired) electrons. The molecule has 0 bridgehead atoms. The smallest absolute Gasteiger partial charge is 0.242 e. The third-order valence-corrected chi connectivity index (χ3v) is 6.59. The number of nitrogens with zero attached hydrogens (tertiary/aromatic N) is 3. The molecule has 0 spiro atoms. The Balaban J connectivity index is 1.78. The van der Waals surface area contributed by atoms with Gasteiger partial charge in [0, 0.05) is 37.4 Å². The quantitative estimate of drug-likeness (QED) is 0.429. The van der Waals surface area contributed by atoms with Crippen molar-refractivity contribution in [2.45, 2.75) is 84.8 Å². The number of amides is 2. The van der Waals surface area contributed by atoms with Crippen LogP contribution in [0.15, 0.2) is 42.6 Å². The van der Waals surface area contributed by atoms with Gasteiger partial charge in [0.2, 0.25) is 11.8 Å². The normalized spacial score (nSPS) is 14.4. The molecule has 0 atom stereocenters. The summed E-state index contributed by atoms with van der Waals surface area (Å²) in [7, 11) is 0. The fraction of sp³-hybridized carbons (Fsp3) is 0.571. The first-order valence-corrected chi connectivity index (χ1v) is 12.8. The van der Waals surface area contributed by atoms with Gasteiger partial charge in [-0.2, -0.15) is 0 Å². The lowest BCUT2D eigenvalue weighted by atomic mass is 9.94. The van der Waals surface area contributed by atoms with E-state index in [0.29, 0.717) is 32.0 Å². The molecule has 0 N–H and O–H groups in total. The van der Waals surface area contributed by atoms with Crippen molar-refractivity contribution in [1.82, 2.24) is 14.4 Å².